The molecule has 0 spiro atoms. The van der Waals surface area contributed by atoms with Crippen LogP contribution in [0.25, 0.3) is 0 Å². The van der Waals surface area contributed by atoms with E-state index in [4.69, 9.17) is 9.47 Å². The Labute approximate surface area is 212 Å². The van der Waals surface area contributed by atoms with Crippen LogP contribution in [0.2, 0.25) is 0 Å². The highest BCUT2D eigenvalue weighted by atomic mass is 32.1. The van der Waals surface area contributed by atoms with Crippen LogP contribution in [0.15, 0.2) is 53.6 Å². The van der Waals surface area contributed by atoms with Gasteiger partial charge in [-0.2, -0.15) is 5.10 Å². The molecule has 0 saturated heterocycles. The van der Waals surface area contributed by atoms with Crippen molar-refractivity contribution in [3.63, 3.8) is 0 Å². The number of anilines is 1. The van der Waals surface area contributed by atoms with E-state index >= 15 is 0 Å². The minimum atomic E-state index is -0.862. The van der Waals surface area contributed by atoms with E-state index in [0.717, 1.165) is 10.4 Å². The third-order valence-electron chi connectivity index (χ3n) is 5.15. The molecule has 0 fully saturated rings. The lowest BCUT2D eigenvalue weighted by atomic mass is 10.1. The number of thiophene rings is 1. The number of ether oxygens (including phenoxy) is 2. The van der Waals surface area contributed by atoms with Crippen molar-refractivity contribution in [2.24, 2.45) is 5.10 Å². The summed E-state index contributed by atoms with van der Waals surface area (Å²) in [6.07, 6.45) is 0.528. The largest absolute Gasteiger partial charge is 0.481 e. The molecule has 1 atom stereocenters. The van der Waals surface area contributed by atoms with E-state index in [0.29, 0.717) is 27.4 Å². The van der Waals surface area contributed by atoms with E-state index in [1.807, 2.05) is 13.8 Å². The molecule has 0 aliphatic rings. The number of rotatable bonds is 9. The predicted molar refractivity (Wildman–Crippen MR) is 136 cm³/mol. The smallest absolute Gasteiger partial charge is 0.341 e. The van der Waals surface area contributed by atoms with Gasteiger partial charge in [-0.3, -0.25) is 9.59 Å². The van der Waals surface area contributed by atoms with Crippen LogP contribution in [0.3, 0.4) is 0 Å². The number of nitrogens with one attached hydrogen (secondary N) is 2. The SMILES string of the molecule is CCOC(=O)c1c(NC(=O)c2ccc(O[C@@H](C)C(=O)N/N=C\c3ccc(F)cc3)cc2)sc(C)c1C. The van der Waals surface area contributed by atoms with Crippen LogP contribution in [0, 0.1) is 19.7 Å². The van der Waals surface area contributed by atoms with Gasteiger partial charge in [-0.1, -0.05) is 12.1 Å². The van der Waals surface area contributed by atoms with Gasteiger partial charge in [0.05, 0.1) is 18.4 Å². The summed E-state index contributed by atoms with van der Waals surface area (Å²) in [6, 6.07) is 11.9. The first-order valence-electron chi connectivity index (χ1n) is 11.1. The monoisotopic (exact) mass is 511 g/mol. The fourth-order valence-corrected chi connectivity index (χ4v) is 4.14. The number of hydrogen-bond donors (Lipinski definition) is 2. The topological polar surface area (TPSA) is 106 Å². The van der Waals surface area contributed by atoms with Crippen LogP contribution in [0.4, 0.5) is 9.39 Å². The summed E-state index contributed by atoms with van der Waals surface area (Å²) in [5.74, 6) is -1.33. The molecular weight excluding hydrogens is 485 g/mol. The fraction of sp³-hybridized carbons (Fsp3) is 0.231. The summed E-state index contributed by atoms with van der Waals surface area (Å²) in [7, 11) is 0. The molecule has 0 radical (unpaired) electrons. The standard InChI is InChI=1S/C26H26FN3O5S/c1-5-34-26(33)22-15(2)17(4)36-25(22)29-24(32)19-8-12-21(13-9-19)35-16(3)23(31)30-28-14-18-6-10-20(27)11-7-18/h6-14,16H,5H2,1-4H3,(H,29,32)(H,30,31)/b28-14-/t16-/m0/s1. The highest BCUT2D eigenvalue weighted by Crippen LogP contribution is 2.33. The lowest BCUT2D eigenvalue weighted by Gasteiger charge is -2.13. The number of aryl methyl sites for hydroxylation is 1. The molecule has 10 heteroatoms. The van der Waals surface area contributed by atoms with Gasteiger partial charge in [0.25, 0.3) is 11.8 Å². The number of hydrazone groups is 1. The number of carbonyl (C=O) groups is 3. The van der Waals surface area contributed by atoms with Gasteiger partial charge in [0.1, 0.15) is 16.6 Å². The Balaban J connectivity index is 1.58. The first kappa shape index (κ1) is 26.6. The average molecular weight is 512 g/mol. The summed E-state index contributed by atoms with van der Waals surface area (Å²) in [6.45, 7) is 7.20. The Morgan fingerprint density at radius 2 is 1.75 bits per heavy atom. The summed E-state index contributed by atoms with van der Waals surface area (Å²) in [5, 5.41) is 7.05. The summed E-state index contributed by atoms with van der Waals surface area (Å²) in [4.78, 5) is 38.2. The maximum Gasteiger partial charge on any atom is 0.341 e. The molecule has 0 unspecified atom stereocenters. The third-order valence-corrected chi connectivity index (χ3v) is 6.27. The van der Waals surface area contributed by atoms with Gasteiger partial charge in [0, 0.05) is 10.4 Å². The molecule has 0 aliphatic carbocycles. The van der Waals surface area contributed by atoms with Crippen molar-refractivity contribution in [2.45, 2.75) is 33.8 Å². The zero-order valence-corrected chi connectivity index (χ0v) is 21.1. The van der Waals surface area contributed by atoms with Gasteiger partial charge in [-0.05, 0) is 75.2 Å². The molecule has 1 aromatic heterocycles. The quantitative estimate of drug-likeness (QED) is 0.243. The molecule has 0 saturated carbocycles. The van der Waals surface area contributed by atoms with Crippen molar-refractivity contribution in [1.82, 2.24) is 5.43 Å². The summed E-state index contributed by atoms with van der Waals surface area (Å²) < 4.78 is 23.7. The Kier molecular flexibility index (Phi) is 8.91. The second-order valence-electron chi connectivity index (χ2n) is 7.73. The van der Waals surface area contributed by atoms with Gasteiger partial charge >= 0.3 is 5.97 Å². The van der Waals surface area contributed by atoms with Gasteiger partial charge in [0.15, 0.2) is 6.10 Å². The molecule has 2 N–H and O–H groups in total. The van der Waals surface area contributed by atoms with Crippen LogP contribution in [0.5, 0.6) is 5.75 Å². The highest BCUT2D eigenvalue weighted by Gasteiger charge is 2.22. The Bertz CT molecular complexity index is 1270. The normalized spacial score (nSPS) is 11.7. The summed E-state index contributed by atoms with van der Waals surface area (Å²) >= 11 is 1.31. The zero-order chi connectivity index (χ0) is 26.2. The van der Waals surface area contributed by atoms with Crippen molar-refractivity contribution in [1.29, 1.82) is 0 Å². The van der Waals surface area contributed by atoms with Gasteiger partial charge < -0.3 is 14.8 Å². The van der Waals surface area contributed by atoms with Gasteiger partial charge in [-0.15, -0.1) is 11.3 Å². The van der Waals surface area contributed by atoms with Crippen LogP contribution in [0.1, 0.15) is 50.6 Å². The molecule has 3 aromatic rings. The maximum absolute atomic E-state index is 12.9. The van der Waals surface area contributed by atoms with Crippen molar-refractivity contribution in [2.75, 3.05) is 11.9 Å². The average Bonchev–Trinajstić information content (AvgIpc) is 3.13. The Morgan fingerprint density at radius 1 is 1.08 bits per heavy atom. The number of hydrogen-bond acceptors (Lipinski definition) is 7. The van der Waals surface area contributed by atoms with E-state index in [9.17, 15) is 18.8 Å². The minimum absolute atomic E-state index is 0.235. The number of esters is 1. The zero-order valence-electron chi connectivity index (χ0n) is 20.3. The molecule has 3 rings (SSSR count). The van der Waals surface area contributed by atoms with Crippen LogP contribution in [-0.4, -0.2) is 36.7 Å². The lowest BCUT2D eigenvalue weighted by molar-refractivity contribution is -0.127. The van der Waals surface area contributed by atoms with Crippen molar-refractivity contribution < 1.29 is 28.2 Å². The molecule has 1 heterocycles. The van der Waals surface area contributed by atoms with E-state index in [1.54, 1.807) is 38.1 Å². The molecule has 0 bridgehead atoms. The third kappa shape index (κ3) is 6.76. The van der Waals surface area contributed by atoms with Crippen LogP contribution >= 0.6 is 11.3 Å². The molecule has 2 aromatic carbocycles. The maximum atomic E-state index is 12.9. The van der Waals surface area contributed by atoms with E-state index in [2.05, 4.69) is 15.8 Å². The van der Waals surface area contributed by atoms with E-state index in [-0.39, 0.29) is 12.4 Å². The second kappa shape index (κ2) is 12.1. The molecular formula is C26H26FN3O5S. The molecule has 36 heavy (non-hydrogen) atoms. The van der Waals surface area contributed by atoms with Gasteiger partial charge in [0.2, 0.25) is 0 Å². The lowest BCUT2D eigenvalue weighted by Crippen LogP contribution is -2.33. The first-order chi connectivity index (χ1) is 17.2. The summed E-state index contributed by atoms with van der Waals surface area (Å²) in [5.41, 5.74) is 4.47. The van der Waals surface area contributed by atoms with Crippen LogP contribution in [-0.2, 0) is 9.53 Å². The molecule has 2 amide bonds. The number of carbonyl (C=O) groups excluding carboxylic acids is 3. The highest BCUT2D eigenvalue weighted by molar-refractivity contribution is 7.16. The minimum Gasteiger partial charge on any atom is -0.481 e. The van der Waals surface area contributed by atoms with Gasteiger partial charge in [-0.25, -0.2) is 14.6 Å². The molecule has 0 aliphatic heterocycles. The number of benzene rings is 2. The Hall–Kier alpha value is -4.05. The fourth-order valence-electron chi connectivity index (χ4n) is 3.09. The number of nitrogens with zero attached hydrogens (tertiary/aromatic N) is 1. The number of halogens is 1. The molecule has 8 nitrogen and oxygen atoms in total. The van der Waals surface area contributed by atoms with Crippen molar-refractivity contribution in [3.8, 4) is 5.75 Å². The predicted octanol–water partition coefficient (Wildman–Crippen LogP) is 4.85. The van der Waals surface area contributed by atoms with E-state index in [1.165, 1.54) is 41.8 Å². The van der Waals surface area contributed by atoms with Crippen LogP contribution < -0.4 is 15.5 Å². The van der Waals surface area contributed by atoms with Crippen molar-refractivity contribution in [3.05, 3.63) is 81.5 Å². The first-order valence-corrected chi connectivity index (χ1v) is 11.9. The van der Waals surface area contributed by atoms with E-state index < -0.39 is 23.9 Å². The Morgan fingerprint density at radius 3 is 2.39 bits per heavy atom. The number of amides is 2. The van der Waals surface area contributed by atoms with Crippen molar-refractivity contribution >= 4 is 40.3 Å². The molecule has 188 valence electrons. The second-order valence-corrected chi connectivity index (χ2v) is 8.96.